The topological polar surface area (TPSA) is 48.6 Å². The van der Waals surface area contributed by atoms with Gasteiger partial charge < -0.3 is 14.6 Å². The van der Waals surface area contributed by atoms with Crippen molar-refractivity contribution < 1.29 is 9.53 Å². The van der Waals surface area contributed by atoms with Crippen molar-refractivity contribution in [1.29, 1.82) is 0 Å². The highest BCUT2D eigenvalue weighted by atomic mass is 16.5. The largest absolute Gasteiger partial charge is 0.497 e. The maximum Gasteiger partial charge on any atom is 0.227 e. The second kappa shape index (κ2) is 7.84. The molecule has 1 aromatic heterocycles. The minimum Gasteiger partial charge on any atom is -0.497 e. The maximum absolute atomic E-state index is 12.7. The van der Waals surface area contributed by atoms with Gasteiger partial charge in [0.25, 0.3) is 0 Å². The van der Waals surface area contributed by atoms with Crippen LogP contribution in [0, 0.1) is 0 Å². The first-order valence-electron chi connectivity index (χ1n) is 9.41. The zero-order valence-corrected chi connectivity index (χ0v) is 15.6. The Balaban J connectivity index is 1.31. The first kappa shape index (κ1) is 17.6. The van der Waals surface area contributed by atoms with Gasteiger partial charge in [-0.25, -0.2) is 0 Å². The van der Waals surface area contributed by atoms with Crippen molar-refractivity contribution in [2.24, 2.45) is 0 Å². The first-order valence-corrected chi connectivity index (χ1v) is 9.41. The van der Waals surface area contributed by atoms with Crippen molar-refractivity contribution in [3.05, 3.63) is 65.9 Å². The van der Waals surface area contributed by atoms with E-state index in [4.69, 9.17) is 4.74 Å². The van der Waals surface area contributed by atoms with Crippen LogP contribution in [0.2, 0.25) is 0 Å². The number of para-hydroxylation sites is 1. The highest BCUT2D eigenvalue weighted by Gasteiger charge is 2.22. The number of benzene rings is 2. The van der Waals surface area contributed by atoms with Crippen molar-refractivity contribution in [3.8, 4) is 5.75 Å². The lowest BCUT2D eigenvalue weighted by Gasteiger charge is -2.34. The molecule has 140 valence electrons. The monoisotopic (exact) mass is 363 g/mol. The maximum atomic E-state index is 12.7. The SMILES string of the molecule is COc1ccc(CN2CCN(C(=O)Cc3c[nH]c4ccccc34)CC2)cc1. The van der Waals surface area contributed by atoms with Gasteiger partial charge >= 0.3 is 0 Å². The number of ether oxygens (including phenoxy) is 1. The summed E-state index contributed by atoms with van der Waals surface area (Å²) in [5, 5.41) is 1.14. The molecule has 0 unspecified atom stereocenters. The lowest BCUT2D eigenvalue weighted by Crippen LogP contribution is -2.48. The predicted molar refractivity (Wildman–Crippen MR) is 107 cm³/mol. The molecule has 0 saturated carbocycles. The van der Waals surface area contributed by atoms with E-state index in [1.807, 2.05) is 41.4 Å². The molecule has 0 aliphatic carbocycles. The number of rotatable bonds is 5. The number of hydrogen-bond acceptors (Lipinski definition) is 3. The third-order valence-electron chi connectivity index (χ3n) is 5.31. The lowest BCUT2D eigenvalue weighted by molar-refractivity contribution is -0.132. The molecular weight excluding hydrogens is 338 g/mol. The van der Waals surface area contributed by atoms with Crippen molar-refractivity contribution >= 4 is 16.8 Å². The molecule has 1 fully saturated rings. The molecule has 1 saturated heterocycles. The van der Waals surface area contributed by atoms with Gasteiger partial charge in [0.2, 0.25) is 5.91 Å². The number of hydrogen-bond donors (Lipinski definition) is 1. The van der Waals surface area contributed by atoms with Gasteiger partial charge in [-0.05, 0) is 29.3 Å². The van der Waals surface area contributed by atoms with E-state index in [-0.39, 0.29) is 5.91 Å². The Labute approximate surface area is 159 Å². The van der Waals surface area contributed by atoms with Gasteiger partial charge in [0, 0.05) is 49.8 Å². The quantitative estimate of drug-likeness (QED) is 0.758. The van der Waals surface area contributed by atoms with Crippen molar-refractivity contribution in [3.63, 3.8) is 0 Å². The highest BCUT2D eigenvalue weighted by molar-refractivity contribution is 5.88. The molecule has 2 aromatic carbocycles. The molecule has 1 N–H and O–H groups in total. The Kier molecular flexibility index (Phi) is 5.12. The van der Waals surface area contributed by atoms with E-state index < -0.39 is 0 Å². The predicted octanol–water partition coefficient (Wildman–Crippen LogP) is 3.06. The van der Waals surface area contributed by atoms with Crippen LogP contribution >= 0.6 is 0 Å². The van der Waals surface area contributed by atoms with E-state index in [0.29, 0.717) is 6.42 Å². The lowest BCUT2D eigenvalue weighted by atomic mass is 10.1. The van der Waals surface area contributed by atoms with Crippen molar-refractivity contribution in [2.45, 2.75) is 13.0 Å². The second-order valence-electron chi connectivity index (χ2n) is 7.04. The third-order valence-corrected chi connectivity index (χ3v) is 5.31. The molecule has 1 amide bonds. The minimum absolute atomic E-state index is 0.212. The van der Waals surface area contributed by atoms with Gasteiger partial charge in [-0.3, -0.25) is 9.69 Å². The molecule has 27 heavy (non-hydrogen) atoms. The molecular formula is C22H25N3O2. The van der Waals surface area contributed by atoms with Gasteiger partial charge in [-0.1, -0.05) is 30.3 Å². The van der Waals surface area contributed by atoms with Crippen molar-refractivity contribution in [1.82, 2.24) is 14.8 Å². The summed E-state index contributed by atoms with van der Waals surface area (Å²) in [6, 6.07) is 16.3. The molecule has 5 nitrogen and oxygen atoms in total. The molecule has 0 bridgehead atoms. The Morgan fingerprint density at radius 2 is 1.78 bits per heavy atom. The molecule has 0 atom stereocenters. The second-order valence-corrected chi connectivity index (χ2v) is 7.04. The van der Waals surface area contributed by atoms with E-state index in [2.05, 4.69) is 28.1 Å². The van der Waals surface area contributed by atoms with Crippen LogP contribution in [0.15, 0.2) is 54.7 Å². The number of carbonyl (C=O) groups excluding carboxylic acids is 1. The van der Waals surface area contributed by atoms with Crippen LogP contribution in [0.3, 0.4) is 0 Å². The fourth-order valence-electron chi connectivity index (χ4n) is 3.70. The summed E-state index contributed by atoms with van der Waals surface area (Å²) in [5.74, 6) is 1.09. The number of nitrogens with one attached hydrogen (secondary N) is 1. The third kappa shape index (κ3) is 3.98. The molecule has 3 aromatic rings. The standard InChI is InChI=1S/C22H25N3O2/c1-27-19-8-6-17(7-9-19)16-24-10-12-25(13-11-24)22(26)14-18-15-23-21-5-3-2-4-20(18)21/h2-9,15,23H,10-14,16H2,1H3. The van der Waals surface area contributed by atoms with Crippen LogP contribution in [0.5, 0.6) is 5.75 Å². The molecule has 0 radical (unpaired) electrons. The number of aromatic amines is 1. The number of methoxy groups -OCH3 is 1. The van der Waals surface area contributed by atoms with Gasteiger partial charge in [-0.15, -0.1) is 0 Å². The number of amides is 1. The molecule has 4 rings (SSSR count). The van der Waals surface area contributed by atoms with Gasteiger partial charge in [0.05, 0.1) is 13.5 Å². The number of fused-ring (bicyclic) bond motifs is 1. The summed E-state index contributed by atoms with van der Waals surface area (Å²) in [7, 11) is 1.68. The summed E-state index contributed by atoms with van der Waals surface area (Å²) < 4.78 is 5.21. The van der Waals surface area contributed by atoms with Crippen LogP contribution in [0.25, 0.3) is 10.9 Å². The summed E-state index contributed by atoms with van der Waals surface area (Å²) in [6.07, 6.45) is 2.42. The van der Waals surface area contributed by atoms with Crippen LogP contribution < -0.4 is 4.74 Å². The average molecular weight is 363 g/mol. The van der Waals surface area contributed by atoms with E-state index in [9.17, 15) is 4.79 Å². The van der Waals surface area contributed by atoms with Gasteiger partial charge in [0.15, 0.2) is 0 Å². The van der Waals surface area contributed by atoms with Crippen LogP contribution in [0.1, 0.15) is 11.1 Å². The van der Waals surface area contributed by atoms with Crippen LogP contribution in [-0.4, -0.2) is 54.0 Å². The number of H-pyrrole nitrogens is 1. The Morgan fingerprint density at radius 1 is 1.04 bits per heavy atom. The zero-order valence-electron chi connectivity index (χ0n) is 15.6. The number of piperazine rings is 1. The normalized spacial score (nSPS) is 15.2. The molecule has 5 heteroatoms. The Morgan fingerprint density at radius 3 is 2.52 bits per heavy atom. The fourth-order valence-corrected chi connectivity index (χ4v) is 3.70. The average Bonchev–Trinajstić information content (AvgIpc) is 3.12. The smallest absolute Gasteiger partial charge is 0.227 e. The highest BCUT2D eigenvalue weighted by Crippen LogP contribution is 2.19. The summed E-state index contributed by atoms with van der Waals surface area (Å²) in [6.45, 7) is 4.31. The summed E-state index contributed by atoms with van der Waals surface area (Å²) in [5.41, 5.74) is 3.44. The van der Waals surface area contributed by atoms with Crippen LogP contribution in [0.4, 0.5) is 0 Å². The van der Waals surface area contributed by atoms with Gasteiger partial charge in [0.1, 0.15) is 5.75 Å². The Bertz CT molecular complexity index is 909. The van der Waals surface area contributed by atoms with E-state index in [1.165, 1.54) is 5.56 Å². The van der Waals surface area contributed by atoms with E-state index in [1.54, 1.807) is 7.11 Å². The summed E-state index contributed by atoms with van der Waals surface area (Å²) >= 11 is 0. The fraction of sp³-hybridized carbons (Fsp3) is 0.318. The summed E-state index contributed by atoms with van der Waals surface area (Å²) in [4.78, 5) is 20.4. The molecule has 1 aliphatic heterocycles. The number of nitrogens with zero attached hydrogens (tertiary/aromatic N) is 2. The zero-order chi connectivity index (χ0) is 18.6. The van der Waals surface area contributed by atoms with E-state index in [0.717, 1.165) is 54.9 Å². The molecule has 2 heterocycles. The molecule has 0 spiro atoms. The number of carbonyl (C=O) groups is 1. The van der Waals surface area contributed by atoms with Gasteiger partial charge in [-0.2, -0.15) is 0 Å². The number of aromatic nitrogens is 1. The first-order chi connectivity index (χ1) is 13.2. The van der Waals surface area contributed by atoms with Crippen molar-refractivity contribution in [2.75, 3.05) is 33.3 Å². The minimum atomic E-state index is 0.212. The van der Waals surface area contributed by atoms with Crippen LogP contribution in [-0.2, 0) is 17.8 Å². The Hall–Kier alpha value is -2.79. The van der Waals surface area contributed by atoms with E-state index >= 15 is 0 Å². The molecule has 1 aliphatic rings.